The van der Waals surface area contributed by atoms with Gasteiger partial charge in [0.1, 0.15) is 0 Å². The number of hydrogen-bond donors (Lipinski definition) is 2. The third-order valence-corrected chi connectivity index (χ3v) is 2.71. The van der Waals surface area contributed by atoms with Gasteiger partial charge in [-0.25, -0.2) is 0 Å². The molecule has 0 bridgehead atoms. The Labute approximate surface area is 125 Å². The second kappa shape index (κ2) is 10.1. The van der Waals surface area contributed by atoms with Crippen LogP contribution in [0.15, 0.2) is 0 Å². The molecular weight excluding hydrogens is 191 g/mol. The van der Waals surface area contributed by atoms with Crippen molar-refractivity contribution in [1.29, 1.82) is 0 Å². The van der Waals surface area contributed by atoms with Gasteiger partial charge in [0.2, 0.25) is 0 Å². The van der Waals surface area contributed by atoms with Crippen LogP contribution >= 0.6 is 0 Å². The molecule has 3 atom stereocenters. The number of aliphatic hydroxyl groups is 2. The Kier molecular flexibility index (Phi) is 13.2. The fourth-order valence-electron chi connectivity index (χ4n) is 1.22. The van der Waals surface area contributed by atoms with Crippen molar-refractivity contribution in [3.63, 3.8) is 0 Å². The van der Waals surface area contributed by atoms with E-state index in [2.05, 4.69) is 13.8 Å². The van der Waals surface area contributed by atoms with Gasteiger partial charge in [0.05, 0.1) is 6.10 Å². The van der Waals surface area contributed by atoms with Crippen molar-refractivity contribution in [3.05, 3.63) is 0 Å². The normalized spacial score (nSPS) is 17.3. The maximum atomic E-state index is 9.64. The van der Waals surface area contributed by atoms with E-state index >= 15 is 0 Å². The van der Waals surface area contributed by atoms with Crippen LogP contribution < -0.4 is 0 Å². The standard InChI is InChI=1S/C10H22O2.K.H/c1-4-8(3)10(12)6-9(5-2)7-11;;/h8-12H,4-7H2,1-3H3;;. The molecule has 0 saturated carbocycles. The molecule has 76 valence electrons. The van der Waals surface area contributed by atoms with Crippen LogP contribution in [-0.2, 0) is 0 Å². The Morgan fingerprint density at radius 3 is 2.00 bits per heavy atom. The molecule has 3 heteroatoms. The van der Waals surface area contributed by atoms with E-state index in [1.807, 2.05) is 6.92 Å². The SMILES string of the molecule is CCC(CO)CC(O)C(C)CC.[KH]. The number of rotatable bonds is 6. The average molecular weight is 214 g/mol. The third kappa shape index (κ3) is 7.48. The minimum atomic E-state index is -0.243. The first-order valence-corrected chi connectivity index (χ1v) is 4.94. The van der Waals surface area contributed by atoms with E-state index in [1.165, 1.54) is 0 Å². The summed E-state index contributed by atoms with van der Waals surface area (Å²) < 4.78 is 0. The van der Waals surface area contributed by atoms with E-state index < -0.39 is 0 Å². The van der Waals surface area contributed by atoms with Crippen LogP contribution in [0.4, 0.5) is 0 Å². The predicted octanol–water partition coefficient (Wildman–Crippen LogP) is 1.15. The first-order valence-electron chi connectivity index (χ1n) is 4.94. The molecule has 0 aliphatic carbocycles. The van der Waals surface area contributed by atoms with E-state index in [1.54, 1.807) is 0 Å². The van der Waals surface area contributed by atoms with E-state index in [9.17, 15) is 5.11 Å². The summed E-state index contributed by atoms with van der Waals surface area (Å²) >= 11 is 0. The average Bonchev–Trinajstić information content (AvgIpc) is 2.12. The van der Waals surface area contributed by atoms with Crippen LogP contribution in [0.3, 0.4) is 0 Å². The summed E-state index contributed by atoms with van der Waals surface area (Å²) in [6.45, 7) is 6.37. The van der Waals surface area contributed by atoms with Gasteiger partial charge in [0, 0.05) is 6.61 Å². The van der Waals surface area contributed by atoms with E-state index in [0.29, 0.717) is 5.92 Å². The van der Waals surface area contributed by atoms with E-state index in [0.717, 1.165) is 19.3 Å². The third-order valence-electron chi connectivity index (χ3n) is 2.71. The summed E-state index contributed by atoms with van der Waals surface area (Å²) in [6.07, 6.45) is 2.45. The van der Waals surface area contributed by atoms with Gasteiger partial charge in [0.25, 0.3) is 0 Å². The second-order valence-corrected chi connectivity index (χ2v) is 3.65. The molecule has 3 unspecified atom stereocenters. The summed E-state index contributed by atoms with van der Waals surface area (Å²) in [7, 11) is 0. The molecule has 2 N–H and O–H groups in total. The Balaban J connectivity index is 0. The maximum absolute atomic E-state index is 9.64. The molecule has 2 nitrogen and oxygen atoms in total. The van der Waals surface area contributed by atoms with Gasteiger partial charge >= 0.3 is 51.4 Å². The zero-order chi connectivity index (χ0) is 9.56. The van der Waals surface area contributed by atoms with Crippen LogP contribution in [0.1, 0.15) is 40.0 Å². The molecule has 0 aromatic carbocycles. The van der Waals surface area contributed by atoms with Crippen molar-refractivity contribution in [2.75, 3.05) is 6.61 Å². The number of aliphatic hydroxyl groups excluding tert-OH is 2. The molecule has 0 aliphatic rings. The van der Waals surface area contributed by atoms with Crippen molar-refractivity contribution in [2.45, 2.75) is 46.1 Å². The monoisotopic (exact) mass is 214 g/mol. The Morgan fingerprint density at radius 1 is 1.15 bits per heavy atom. The molecule has 0 spiro atoms. The molecule has 0 heterocycles. The summed E-state index contributed by atoms with van der Waals surface area (Å²) in [6, 6.07) is 0. The predicted molar refractivity (Wildman–Crippen MR) is 58.1 cm³/mol. The van der Waals surface area contributed by atoms with Crippen LogP contribution in [-0.4, -0.2) is 74.3 Å². The molecule has 0 amide bonds. The molecule has 0 fully saturated rings. The summed E-state index contributed by atoms with van der Waals surface area (Å²) in [4.78, 5) is 0. The molecule has 0 aromatic rings. The van der Waals surface area contributed by atoms with Crippen molar-refractivity contribution < 1.29 is 10.2 Å². The first-order chi connectivity index (χ1) is 5.65. The summed E-state index contributed by atoms with van der Waals surface area (Å²) in [5, 5.41) is 18.6. The van der Waals surface area contributed by atoms with E-state index in [4.69, 9.17) is 5.11 Å². The molecule has 0 saturated heterocycles. The fourth-order valence-corrected chi connectivity index (χ4v) is 1.22. The van der Waals surface area contributed by atoms with Gasteiger partial charge in [-0.2, -0.15) is 0 Å². The fraction of sp³-hybridized carbons (Fsp3) is 1.00. The van der Waals surface area contributed by atoms with Crippen LogP contribution in [0.5, 0.6) is 0 Å². The van der Waals surface area contributed by atoms with Gasteiger partial charge in [-0.05, 0) is 18.3 Å². The van der Waals surface area contributed by atoms with Crippen molar-refractivity contribution in [2.24, 2.45) is 11.8 Å². The quantitative estimate of drug-likeness (QED) is 0.651. The minimum absolute atomic E-state index is 0. The van der Waals surface area contributed by atoms with Gasteiger partial charge in [0.15, 0.2) is 0 Å². The van der Waals surface area contributed by atoms with Gasteiger partial charge in [-0.3, -0.25) is 0 Å². The Bertz CT molecular complexity index is 105. The summed E-state index contributed by atoms with van der Waals surface area (Å²) in [5.41, 5.74) is 0. The topological polar surface area (TPSA) is 40.5 Å². The van der Waals surface area contributed by atoms with Crippen molar-refractivity contribution in [1.82, 2.24) is 0 Å². The zero-order valence-corrected chi connectivity index (χ0v) is 8.45. The number of hydrogen-bond acceptors (Lipinski definition) is 2. The van der Waals surface area contributed by atoms with Crippen LogP contribution in [0.25, 0.3) is 0 Å². The Morgan fingerprint density at radius 2 is 1.69 bits per heavy atom. The molecule has 0 radical (unpaired) electrons. The zero-order valence-electron chi connectivity index (χ0n) is 8.45. The van der Waals surface area contributed by atoms with E-state index in [-0.39, 0.29) is 70.0 Å². The molecule has 0 rings (SSSR count). The van der Waals surface area contributed by atoms with Gasteiger partial charge < -0.3 is 10.2 Å². The second-order valence-electron chi connectivity index (χ2n) is 3.65. The Hall–Kier alpha value is 1.56. The van der Waals surface area contributed by atoms with Gasteiger partial charge in [-0.15, -0.1) is 0 Å². The first kappa shape index (κ1) is 17.0. The van der Waals surface area contributed by atoms with Gasteiger partial charge in [-0.1, -0.05) is 33.6 Å². The van der Waals surface area contributed by atoms with Crippen LogP contribution in [0, 0.1) is 11.8 Å². The summed E-state index contributed by atoms with van der Waals surface area (Å²) in [5.74, 6) is 0.625. The van der Waals surface area contributed by atoms with Crippen LogP contribution in [0.2, 0.25) is 0 Å². The molecule has 0 aliphatic heterocycles. The van der Waals surface area contributed by atoms with Crippen molar-refractivity contribution in [3.8, 4) is 0 Å². The van der Waals surface area contributed by atoms with Crippen molar-refractivity contribution >= 4 is 51.4 Å². The molecular formula is C10H23KO2. The molecule has 0 aromatic heterocycles. The molecule has 13 heavy (non-hydrogen) atoms.